The smallest absolute Gasteiger partial charge is 0.268 e. The molecule has 0 saturated carbocycles. The van der Waals surface area contributed by atoms with E-state index in [-0.39, 0.29) is 4.90 Å². The molecule has 1 aliphatic heterocycles. The normalized spacial score (nSPS) is 16.2. The average molecular weight is 522 g/mol. The maximum Gasteiger partial charge on any atom is 0.268 e. The number of fused-ring (bicyclic) bond motifs is 1. The minimum absolute atomic E-state index is 0.282. The van der Waals surface area contributed by atoms with E-state index in [2.05, 4.69) is 39.6 Å². The lowest BCUT2D eigenvalue weighted by atomic mass is 10.1. The fraction of sp³-hybridized carbons (Fsp3) is 0.286. The number of halogens is 1. The van der Waals surface area contributed by atoms with Crippen molar-refractivity contribution in [1.29, 1.82) is 0 Å². The molecule has 1 aromatic heterocycles. The summed E-state index contributed by atoms with van der Waals surface area (Å²) in [5.41, 5.74) is 2.18. The summed E-state index contributed by atoms with van der Waals surface area (Å²) < 4.78 is 29.3. The van der Waals surface area contributed by atoms with E-state index in [4.69, 9.17) is 0 Å². The van der Waals surface area contributed by atoms with Crippen LogP contribution in [0.2, 0.25) is 0 Å². The van der Waals surface area contributed by atoms with Crippen LogP contribution >= 0.6 is 22.6 Å². The lowest BCUT2D eigenvalue weighted by Crippen LogP contribution is -2.41. The first kappa shape index (κ1) is 20.4. The number of rotatable bonds is 4. The first-order chi connectivity index (χ1) is 13.9. The van der Waals surface area contributed by atoms with Gasteiger partial charge in [0.1, 0.15) is 0 Å². The lowest BCUT2D eigenvalue weighted by molar-refractivity contribution is 0.159. The number of hydrogen-bond acceptors (Lipinski definition) is 5. The van der Waals surface area contributed by atoms with Crippen molar-refractivity contribution < 1.29 is 8.42 Å². The van der Waals surface area contributed by atoms with Gasteiger partial charge in [-0.2, -0.15) is 5.10 Å². The van der Waals surface area contributed by atoms with E-state index in [9.17, 15) is 8.42 Å². The molecule has 0 aliphatic carbocycles. The summed E-state index contributed by atoms with van der Waals surface area (Å²) in [4.78, 5) is 2.56. The van der Waals surface area contributed by atoms with Gasteiger partial charge < -0.3 is 4.90 Å². The Labute approximate surface area is 185 Å². The summed E-state index contributed by atoms with van der Waals surface area (Å²) in [6.07, 6.45) is 1.81. The van der Waals surface area contributed by atoms with E-state index in [0.717, 1.165) is 40.7 Å². The Morgan fingerprint density at radius 1 is 1.00 bits per heavy atom. The summed E-state index contributed by atoms with van der Waals surface area (Å²) in [6.45, 7) is 5.52. The van der Waals surface area contributed by atoms with Gasteiger partial charge in [-0.15, -0.1) is 0 Å². The van der Waals surface area contributed by atoms with Gasteiger partial charge in [-0.25, -0.2) is 12.4 Å². The number of para-hydroxylation sites is 1. The minimum Gasteiger partial charge on any atom is -0.303 e. The van der Waals surface area contributed by atoms with E-state index in [1.54, 1.807) is 12.1 Å². The van der Waals surface area contributed by atoms with Crippen molar-refractivity contribution in [3.05, 3.63) is 63.4 Å². The van der Waals surface area contributed by atoms with Crippen molar-refractivity contribution in [2.45, 2.75) is 11.8 Å². The highest BCUT2D eigenvalue weighted by Gasteiger charge is 2.24. The molecule has 1 aliphatic rings. The van der Waals surface area contributed by atoms with E-state index >= 15 is 0 Å². The highest BCUT2D eigenvalue weighted by Crippen LogP contribution is 2.29. The number of benzene rings is 2. The third-order valence-electron chi connectivity index (χ3n) is 5.29. The Morgan fingerprint density at radius 3 is 2.34 bits per heavy atom. The molecular weight excluding hydrogens is 499 g/mol. The van der Waals surface area contributed by atoms with E-state index < -0.39 is 10.0 Å². The molecule has 3 aromatic rings. The summed E-state index contributed by atoms with van der Waals surface area (Å²) >= 11 is 2.17. The van der Waals surface area contributed by atoms with Crippen LogP contribution in [0.4, 0.5) is 0 Å². The lowest BCUT2D eigenvalue weighted by Gasteiger charge is -2.30. The molecule has 0 amide bonds. The van der Waals surface area contributed by atoms with Gasteiger partial charge >= 0.3 is 0 Å². The fourth-order valence-electron chi connectivity index (χ4n) is 3.60. The topological polar surface area (TPSA) is 57.9 Å². The largest absolute Gasteiger partial charge is 0.303 e. The van der Waals surface area contributed by atoms with Gasteiger partial charge in [0, 0.05) is 46.4 Å². The van der Waals surface area contributed by atoms with Crippen LogP contribution in [0.25, 0.3) is 10.9 Å². The average Bonchev–Trinajstić information content (AvgIpc) is 3.00. The summed E-state index contributed by atoms with van der Waals surface area (Å²) in [5, 5.41) is 7.58. The Bertz CT molecular complexity index is 1160. The quantitative estimate of drug-likeness (QED) is 0.390. The molecule has 29 heavy (non-hydrogen) atoms. The van der Waals surface area contributed by atoms with Crippen molar-refractivity contribution in [2.75, 3.05) is 33.2 Å². The van der Waals surface area contributed by atoms with Gasteiger partial charge in [0.2, 0.25) is 0 Å². The summed E-state index contributed by atoms with van der Waals surface area (Å²) in [5.74, 6) is 0. The monoisotopic (exact) mass is 522 g/mol. The molecule has 8 heteroatoms. The highest BCUT2D eigenvalue weighted by molar-refractivity contribution is 14.1. The Balaban J connectivity index is 1.80. The molecule has 0 N–H and O–H groups in total. The van der Waals surface area contributed by atoms with Crippen LogP contribution in [-0.2, 0) is 10.0 Å². The van der Waals surface area contributed by atoms with Crippen LogP contribution in [0.5, 0.6) is 0 Å². The summed E-state index contributed by atoms with van der Waals surface area (Å²) in [6, 6.07) is 14.5. The van der Waals surface area contributed by atoms with E-state index in [1.165, 1.54) is 3.97 Å². The third kappa shape index (κ3) is 3.93. The van der Waals surface area contributed by atoms with Crippen LogP contribution in [-0.4, -0.2) is 61.7 Å². The maximum absolute atomic E-state index is 13.4. The predicted molar refractivity (Wildman–Crippen MR) is 125 cm³/mol. The number of likely N-dealkylation sites (N-methyl/N-ethyl adjacent to an activating group) is 1. The molecule has 1 fully saturated rings. The summed E-state index contributed by atoms with van der Waals surface area (Å²) in [7, 11) is -1.61. The first-order valence-corrected chi connectivity index (χ1v) is 12.0. The molecular formula is C21H23IN4O2S. The first-order valence-electron chi connectivity index (χ1n) is 9.46. The standard InChI is InChI=1S/C21H23IN4O2S/c1-16-20(15-23-25-13-11-24(2)12-14-25)19-5-3-4-6-21(19)26(16)29(27,28)18-9-7-17(22)8-10-18/h3-10,15H,11-14H2,1-2H3. The number of nitrogens with zero attached hydrogens (tertiary/aromatic N) is 4. The molecule has 2 heterocycles. The minimum atomic E-state index is -3.71. The van der Waals surface area contributed by atoms with Gasteiger partial charge in [-0.1, -0.05) is 18.2 Å². The zero-order chi connectivity index (χ0) is 20.6. The predicted octanol–water partition coefficient (Wildman–Crippen LogP) is 3.37. The molecule has 0 unspecified atom stereocenters. The second-order valence-electron chi connectivity index (χ2n) is 7.24. The molecule has 4 rings (SSSR count). The zero-order valence-electron chi connectivity index (χ0n) is 16.4. The van der Waals surface area contributed by atoms with Crippen LogP contribution in [0, 0.1) is 10.5 Å². The van der Waals surface area contributed by atoms with Crippen molar-refractivity contribution in [2.24, 2.45) is 5.10 Å². The second kappa shape index (κ2) is 8.08. The molecule has 1 saturated heterocycles. The van der Waals surface area contributed by atoms with Crippen LogP contribution < -0.4 is 0 Å². The van der Waals surface area contributed by atoms with Crippen molar-refractivity contribution >= 4 is 49.7 Å². The molecule has 0 radical (unpaired) electrons. The van der Waals surface area contributed by atoms with Gasteiger partial charge in [0.25, 0.3) is 10.0 Å². The Morgan fingerprint density at radius 2 is 1.66 bits per heavy atom. The molecule has 0 spiro atoms. The fourth-order valence-corrected chi connectivity index (χ4v) is 5.53. The number of hydrazone groups is 1. The van der Waals surface area contributed by atoms with Gasteiger partial charge in [0.05, 0.1) is 16.6 Å². The highest BCUT2D eigenvalue weighted by atomic mass is 127. The van der Waals surface area contributed by atoms with Crippen LogP contribution in [0.3, 0.4) is 0 Å². The number of piperazine rings is 1. The van der Waals surface area contributed by atoms with Crippen molar-refractivity contribution in [3.63, 3.8) is 0 Å². The molecule has 2 aromatic carbocycles. The van der Waals surface area contributed by atoms with Gasteiger partial charge in [-0.05, 0) is 66.9 Å². The van der Waals surface area contributed by atoms with Gasteiger partial charge in [0.15, 0.2) is 0 Å². The van der Waals surface area contributed by atoms with E-state index in [0.29, 0.717) is 11.2 Å². The number of aromatic nitrogens is 1. The van der Waals surface area contributed by atoms with Crippen molar-refractivity contribution in [3.8, 4) is 0 Å². The SMILES string of the molecule is Cc1c(C=NN2CCN(C)CC2)c2ccccc2n1S(=O)(=O)c1ccc(I)cc1. The molecule has 6 nitrogen and oxygen atoms in total. The molecule has 0 atom stereocenters. The zero-order valence-corrected chi connectivity index (χ0v) is 19.4. The number of hydrogen-bond donors (Lipinski definition) is 0. The third-order valence-corrected chi connectivity index (χ3v) is 7.83. The van der Waals surface area contributed by atoms with Gasteiger partial charge in [-0.3, -0.25) is 5.01 Å². The molecule has 0 bridgehead atoms. The maximum atomic E-state index is 13.4. The van der Waals surface area contributed by atoms with Crippen LogP contribution in [0.15, 0.2) is 58.5 Å². The second-order valence-corrected chi connectivity index (χ2v) is 10.3. The Kier molecular flexibility index (Phi) is 5.67. The molecule has 152 valence electrons. The Hall–Kier alpha value is -1.91. The van der Waals surface area contributed by atoms with E-state index in [1.807, 2.05) is 54.5 Å². The van der Waals surface area contributed by atoms with Crippen LogP contribution in [0.1, 0.15) is 11.3 Å². The van der Waals surface area contributed by atoms with Crippen molar-refractivity contribution in [1.82, 2.24) is 13.9 Å².